The van der Waals surface area contributed by atoms with Gasteiger partial charge in [-0.05, 0) is 37.0 Å². The second kappa shape index (κ2) is 7.80. The molecule has 146 valence electrons. The number of aromatic nitrogens is 1. The smallest absolute Gasteiger partial charge is 0.410 e. The first-order chi connectivity index (χ1) is 13.6. The molecule has 1 aromatic heterocycles. The highest BCUT2D eigenvalue weighted by Crippen LogP contribution is 2.34. The first-order valence-electron chi connectivity index (χ1n) is 9.51. The summed E-state index contributed by atoms with van der Waals surface area (Å²) in [5.41, 5.74) is 3.56. The molecular formula is C21H22ClN3O3. The van der Waals surface area contributed by atoms with E-state index in [1.165, 1.54) is 6.08 Å². The van der Waals surface area contributed by atoms with Gasteiger partial charge in [0.05, 0.1) is 10.5 Å². The summed E-state index contributed by atoms with van der Waals surface area (Å²) >= 11 is 6.56. The van der Waals surface area contributed by atoms with Gasteiger partial charge in [0.1, 0.15) is 6.61 Å². The fourth-order valence-electron chi connectivity index (χ4n) is 3.83. The predicted octanol–water partition coefficient (Wildman–Crippen LogP) is 3.46. The Hall–Kier alpha value is -2.60. The molecule has 1 aliphatic heterocycles. The van der Waals surface area contributed by atoms with Crippen LogP contribution >= 0.6 is 11.6 Å². The van der Waals surface area contributed by atoms with Crippen molar-refractivity contribution in [1.29, 1.82) is 0 Å². The van der Waals surface area contributed by atoms with E-state index >= 15 is 0 Å². The van der Waals surface area contributed by atoms with Gasteiger partial charge in [-0.25, -0.2) is 4.79 Å². The van der Waals surface area contributed by atoms with Crippen molar-refractivity contribution in [3.05, 3.63) is 52.7 Å². The monoisotopic (exact) mass is 399 g/mol. The number of aryl methyl sites for hydroxylation is 1. The lowest BCUT2D eigenvalue weighted by atomic mass is 10.1. The predicted molar refractivity (Wildman–Crippen MR) is 108 cm³/mol. The maximum Gasteiger partial charge on any atom is 0.410 e. The SMILES string of the molecule is C=CCOC(=O)N1CCN(C(=O)c2ccc3c(Cl)c4c(nc3c2)CCC4)CC1. The molecule has 1 fully saturated rings. The zero-order chi connectivity index (χ0) is 19.7. The average Bonchev–Trinajstić information content (AvgIpc) is 3.20. The molecule has 0 unspecified atom stereocenters. The number of carbonyl (C=O) groups excluding carboxylic acids is 2. The Bertz CT molecular complexity index is 952. The van der Waals surface area contributed by atoms with Crippen LogP contribution in [0.3, 0.4) is 0 Å². The van der Waals surface area contributed by atoms with Crippen molar-refractivity contribution in [1.82, 2.24) is 14.8 Å². The number of nitrogens with zero attached hydrogens (tertiary/aromatic N) is 3. The summed E-state index contributed by atoms with van der Waals surface area (Å²) in [5, 5.41) is 1.66. The topological polar surface area (TPSA) is 62.7 Å². The largest absolute Gasteiger partial charge is 0.445 e. The number of carbonyl (C=O) groups is 2. The summed E-state index contributed by atoms with van der Waals surface area (Å²) < 4.78 is 5.05. The van der Waals surface area contributed by atoms with Gasteiger partial charge >= 0.3 is 6.09 Å². The van der Waals surface area contributed by atoms with E-state index < -0.39 is 0 Å². The molecule has 2 aromatic rings. The Morgan fingerprint density at radius 2 is 1.93 bits per heavy atom. The number of piperazine rings is 1. The highest BCUT2D eigenvalue weighted by Gasteiger charge is 2.26. The summed E-state index contributed by atoms with van der Waals surface area (Å²) in [6.07, 6.45) is 4.15. The molecule has 2 aliphatic rings. The second-order valence-corrected chi connectivity index (χ2v) is 7.46. The Labute approximate surface area is 168 Å². The van der Waals surface area contributed by atoms with Crippen LogP contribution in [0.25, 0.3) is 10.9 Å². The molecule has 7 heteroatoms. The summed E-state index contributed by atoms with van der Waals surface area (Å²) in [4.78, 5) is 32.9. The molecule has 0 radical (unpaired) electrons. The lowest BCUT2D eigenvalue weighted by Crippen LogP contribution is -2.50. The van der Waals surface area contributed by atoms with E-state index in [-0.39, 0.29) is 18.6 Å². The number of amides is 2. The van der Waals surface area contributed by atoms with E-state index in [1.807, 2.05) is 18.2 Å². The van der Waals surface area contributed by atoms with E-state index in [4.69, 9.17) is 21.3 Å². The minimum absolute atomic E-state index is 0.0561. The Morgan fingerprint density at radius 3 is 2.68 bits per heavy atom. The third kappa shape index (κ3) is 3.44. The molecule has 2 amide bonds. The molecule has 0 spiro atoms. The number of hydrogen-bond donors (Lipinski definition) is 0. The van der Waals surface area contributed by atoms with Crippen LogP contribution in [0.1, 0.15) is 28.0 Å². The molecule has 6 nitrogen and oxygen atoms in total. The van der Waals surface area contributed by atoms with Crippen molar-refractivity contribution in [2.75, 3.05) is 32.8 Å². The van der Waals surface area contributed by atoms with Gasteiger partial charge in [0.2, 0.25) is 0 Å². The number of pyridine rings is 1. The van der Waals surface area contributed by atoms with E-state index in [0.717, 1.165) is 46.4 Å². The van der Waals surface area contributed by atoms with Crippen molar-refractivity contribution in [3.63, 3.8) is 0 Å². The van der Waals surface area contributed by atoms with Crippen LogP contribution in [-0.2, 0) is 17.6 Å². The molecule has 1 aliphatic carbocycles. The molecule has 2 heterocycles. The van der Waals surface area contributed by atoms with E-state index in [9.17, 15) is 9.59 Å². The maximum absolute atomic E-state index is 12.9. The van der Waals surface area contributed by atoms with Crippen LogP contribution in [0.2, 0.25) is 5.02 Å². The molecular weight excluding hydrogens is 378 g/mol. The molecule has 1 aromatic carbocycles. The molecule has 28 heavy (non-hydrogen) atoms. The van der Waals surface area contributed by atoms with Crippen LogP contribution in [0.15, 0.2) is 30.9 Å². The van der Waals surface area contributed by atoms with Crippen LogP contribution in [0.4, 0.5) is 4.79 Å². The molecule has 0 saturated carbocycles. The van der Waals surface area contributed by atoms with Gasteiger partial charge in [0, 0.05) is 42.8 Å². The van der Waals surface area contributed by atoms with E-state index in [2.05, 4.69) is 6.58 Å². The lowest BCUT2D eigenvalue weighted by Gasteiger charge is -2.34. The minimum atomic E-state index is -0.370. The number of hydrogen-bond acceptors (Lipinski definition) is 4. The van der Waals surface area contributed by atoms with Crippen molar-refractivity contribution in [3.8, 4) is 0 Å². The van der Waals surface area contributed by atoms with E-state index in [0.29, 0.717) is 31.7 Å². The molecule has 1 saturated heterocycles. The first kappa shape index (κ1) is 18.7. The normalized spacial score (nSPS) is 16.2. The summed E-state index contributed by atoms with van der Waals surface area (Å²) in [6, 6.07) is 5.52. The average molecular weight is 400 g/mol. The third-order valence-electron chi connectivity index (χ3n) is 5.34. The van der Waals surface area contributed by atoms with Crippen molar-refractivity contribution in [2.45, 2.75) is 19.3 Å². The van der Waals surface area contributed by atoms with Crippen molar-refractivity contribution >= 4 is 34.5 Å². The lowest BCUT2D eigenvalue weighted by molar-refractivity contribution is 0.0581. The zero-order valence-corrected chi connectivity index (χ0v) is 16.4. The van der Waals surface area contributed by atoms with Crippen LogP contribution < -0.4 is 0 Å². The van der Waals surface area contributed by atoms with Gasteiger partial charge < -0.3 is 14.5 Å². The fourth-order valence-corrected chi connectivity index (χ4v) is 4.20. The van der Waals surface area contributed by atoms with Crippen LogP contribution in [0, 0.1) is 0 Å². The number of fused-ring (bicyclic) bond motifs is 2. The fraction of sp³-hybridized carbons (Fsp3) is 0.381. The Morgan fingerprint density at radius 1 is 1.18 bits per heavy atom. The highest BCUT2D eigenvalue weighted by molar-refractivity contribution is 6.36. The standard InChI is InChI=1S/C21H22ClN3O3/c1-2-12-28-21(27)25-10-8-24(9-11-25)20(26)14-6-7-16-18(13-14)23-17-5-3-4-15(17)19(16)22/h2,6-7,13H,1,3-5,8-12H2. The molecule has 0 bridgehead atoms. The molecule has 4 rings (SSSR count). The Kier molecular flexibility index (Phi) is 5.22. The second-order valence-electron chi connectivity index (χ2n) is 7.08. The van der Waals surface area contributed by atoms with Crippen molar-refractivity contribution < 1.29 is 14.3 Å². The number of halogens is 1. The van der Waals surface area contributed by atoms with Crippen LogP contribution in [-0.4, -0.2) is 59.6 Å². The number of ether oxygens (including phenoxy) is 1. The maximum atomic E-state index is 12.9. The number of benzene rings is 1. The summed E-state index contributed by atoms with van der Waals surface area (Å²) in [6.45, 7) is 5.56. The van der Waals surface area contributed by atoms with Gasteiger partial charge in [-0.15, -0.1) is 0 Å². The highest BCUT2D eigenvalue weighted by atomic mass is 35.5. The molecule has 0 atom stereocenters. The van der Waals surface area contributed by atoms with E-state index in [1.54, 1.807) is 9.80 Å². The quantitative estimate of drug-likeness (QED) is 0.741. The van der Waals surface area contributed by atoms with Gasteiger partial charge in [0.15, 0.2) is 0 Å². The van der Waals surface area contributed by atoms with Gasteiger partial charge in [-0.1, -0.05) is 30.3 Å². The summed E-state index contributed by atoms with van der Waals surface area (Å²) in [5.74, 6) is -0.0561. The minimum Gasteiger partial charge on any atom is -0.445 e. The van der Waals surface area contributed by atoms with Gasteiger partial charge in [-0.2, -0.15) is 0 Å². The van der Waals surface area contributed by atoms with Gasteiger partial charge in [0.25, 0.3) is 5.91 Å². The summed E-state index contributed by atoms with van der Waals surface area (Å²) in [7, 11) is 0. The first-order valence-corrected chi connectivity index (χ1v) is 9.89. The van der Waals surface area contributed by atoms with Crippen molar-refractivity contribution in [2.24, 2.45) is 0 Å². The Balaban J connectivity index is 1.48. The third-order valence-corrected chi connectivity index (χ3v) is 5.77. The molecule has 0 N–H and O–H groups in total. The van der Waals surface area contributed by atoms with Gasteiger partial charge in [-0.3, -0.25) is 9.78 Å². The zero-order valence-electron chi connectivity index (χ0n) is 15.6. The number of rotatable bonds is 3. The van der Waals surface area contributed by atoms with Crippen LogP contribution in [0.5, 0.6) is 0 Å².